The molecule has 7 aromatic rings. The second kappa shape index (κ2) is 56.0. The van der Waals surface area contributed by atoms with Crippen molar-refractivity contribution in [3.05, 3.63) is 168 Å². The molecule has 814 valence electrons. The van der Waals surface area contributed by atoms with Crippen LogP contribution in [0.2, 0.25) is 0 Å². The highest BCUT2D eigenvalue weighted by atomic mass is 19.1. The summed E-state index contributed by atoms with van der Waals surface area (Å²) in [5.41, 5.74) is 16.6. The molecule has 147 heavy (non-hydrogen) atoms. The van der Waals surface area contributed by atoms with Crippen LogP contribution in [0.3, 0.4) is 0 Å². The topological polar surface area (TPSA) is 233 Å². The third-order valence-corrected chi connectivity index (χ3v) is 32.7. The van der Waals surface area contributed by atoms with E-state index in [-0.39, 0.29) is 0 Å². The average Bonchev–Trinajstić information content (AvgIpc) is 0.771. The smallest absolute Gasteiger partial charge is 0.129 e. The molecule has 7 atom stereocenters. The molecule has 13 aliphatic heterocycles. The van der Waals surface area contributed by atoms with Gasteiger partial charge in [0.15, 0.2) is 0 Å². The van der Waals surface area contributed by atoms with Gasteiger partial charge in [0, 0.05) is 253 Å². The van der Waals surface area contributed by atoms with E-state index in [1.54, 1.807) is 0 Å². The van der Waals surface area contributed by atoms with Crippen LogP contribution in [-0.2, 0) is 25.5 Å². The predicted molar refractivity (Wildman–Crippen MR) is 599 cm³/mol. The summed E-state index contributed by atoms with van der Waals surface area (Å²) in [5, 5.41) is 31.2. The summed E-state index contributed by atoms with van der Waals surface area (Å²) in [7, 11) is 8.17. The van der Waals surface area contributed by atoms with E-state index in [1.807, 2.05) is 38.8 Å². The van der Waals surface area contributed by atoms with Crippen LogP contribution in [0.15, 0.2) is 122 Å². The molecule has 0 spiro atoms. The summed E-state index contributed by atoms with van der Waals surface area (Å²) in [6.07, 6.45) is 25.4. The van der Waals surface area contributed by atoms with Gasteiger partial charge in [-0.25, -0.2) is 4.39 Å². The van der Waals surface area contributed by atoms with Crippen LogP contribution >= 0.6 is 0 Å². The van der Waals surface area contributed by atoms with Gasteiger partial charge < -0.3 is 83.3 Å². The van der Waals surface area contributed by atoms with Gasteiger partial charge in [-0.1, -0.05) is 96.9 Å². The van der Waals surface area contributed by atoms with Crippen molar-refractivity contribution in [3.8, 4) is 0 Å². The minimum atomic E-state index is -1.11. The number of β-amino-alcohol motifs (C(OH)–C–C–N with tert-alkyl or cyclic N) is 3. The number of piperidine rings is 7. The van der Waals surface area contributed by atoms with Gasteiger partial charge in [0.1, 0.15) is 12.3 Å². The molecule has 7 aromatic heterocycles. The molecule has 0 amide bonds. The van der Waals surface area contributed by atoms with E-state index in [4.69, 9.17) is 23.9 Å². The molecule has 29 heteroatoms. The first-order chi connectivity index (χ1) is 70.8. The number of aliphatic hydroxyl groups is 3. The fraction of sp³-hybridized carbons (Fsp3) is 0.703. The van der Waals surface area contributed by atoms with E-state index in [2.05, 4.69) is 307 Å². The van der Waals surface area contributed by atoms with Gasteiger partial charge in [0.2, 0.25) is 0 Å². The quantitative estimate of drug-likeness (QED) is 0.0572. The molecule has 13 fully saturated rings. The van der Waals surface area contributed by atoms with Crippen LogP contribution < -0.4 is 34.3 Å². The number of ether oxygens (including phenoxy) is 4. The Morgan fingerprint density at radius 3 is 0.844 bits per heavy atom. The van der Waals surface area contributed by atoms with Crippen molar-refractivity contribution >= 4 is 39.8 Å². The first-order valence-corrected chi connectivity index (χ1v) is 56.9. The minimum Gasteiger partial charge on any atom is -0.388 e. The lowest BCUT2D eigenvalue weighted by molar-refractivity contribution is -0.128. The van der Waals surface area contributed by atoms with Gasteiger partial charge in [0.25, 0.3) is 0 Å². The van der Waals surface area contributed by atoms with Gasteiger partial charge >= 0.3 is 0 Å². The molecule has 0 bridgehead atoms. The molecule has 0 saturated carbocycles. The van der Waals surface area contributed by atoms with Crippen LogP contribution in [0.4, 0.5) is 44.2 Å². The highest BCUT2D eigenvalue weighted by Crippen LogP contribution is 2.40. The predicted octanol–water partition coefficient (Wildman–Crippen LogP) is 16.4. The molecular weight excluding hydrogens is 1840 g/mol. The second-order valence-corrected chi connectivity index (χ2v) is 46.6. The number of hydrogen-bond donors (Lipinski definition) is 3. The summed E-state index contributed by atoms with van der Waals surface area (Å²) >= 11 is 0. The van der Waals surface area contributed by atoms with Crippen molar-refractivity contribution in [2.45, 2.75) is 276 Å². The Balaban J connectivity index is 0.000000135. The molecule has 20 rings (SSSR count). The SMILES string of the molecule is CC(C)c1ccc(N2CCC(F)C(O)C2)c(CN(C)C)n1.CC(C)c1ccc(N2CCC(N3CCOCC3)CC2)cn1.CC(C)c1ccc(N2CCCC(C3(O)CN(C)C3)C2)cn1.CC(C)c1ccc(N2CCCC(N3CCOCC3)C2)cn1.CC(C)c1ccc(N2CCC[C@@H](C3(O)CN(C)C3)C2)cn1.CC(C)c1ccc(N2CCC[C@@H](N3CCOCC3)C2)cn1.CC(C)c1ccc(N2CCC[C@H](N3CCOCC3)C2)cn1. The lowest BCUT2D eigenvalue weighted by Gasteiger charge is -2.52. The lowest BCUT2D eigenvalue weighted by Crippen LogP contribution is -2.66. The number of anilines is 7. The molecule has 13 saturated heterocycles. The Hall–Kier alpha value is -7.98. The minimum absolute atomic E-state index is 0.338. The summed E-state index contributed by atoms with van der Waals surface area (Å²) in [6, 6.07) is 33.2. The number of aliphatic hydroxyl groups excluding tert-OH is 1. The van der Waals surface area contributed by atoms with Crippen molar-refractivity contribution in [3.63, 3.8) is 0 Å². The van der Waals surface area contributed by atoms with Crippen LogP contribution in [-0.4, -0.2) is 383 Å². The molecule has 13 aliphatic rings. The van der Waals surface area contributed by atoms with Crippen LogP contribution in [0.5, 0.6) is 0 Å². The van der Waals surface area contributed by atoms with Crippen LogP contribution in [0.25, 0.3) is 0 Å². The number of rotatable bonds is 22. The zero-order valence-corrected chi connectivity index (χ0v) is 93.4. The molecule has 0 aliphatic carbocycles. The normalized spacial score (nSPS) is 24.4. The highest BCUT2D eigenvalue weighted by Gasteiger charge is 2.49. The van der Waals surface area contributed by atoms with E-state index < -0.39 is 23.5 Å². The molecular formula is C118H188FN21O7. The van der Waals surface area contributed by atoms with Crippen LogP contribution in [0.1, 0.15) is 267 Å². The number of halogens is 1. The molecule has 3 N–H and O–H groups in total. The molecule has 28 nitrogen and oxygen atoms in total. The number of aromatic nitrogens is 7. The zero-order chi connectivity index (χ0) is 104. The number of likely N-dealkylation sites (tertiary alicyclic amines) is 2. The Morgan fingerprint density at radius 1 is 0.313 bits per heavy atom. The van der Waals surface area contributed by atoms with Crippen molar-refractivity contribution in [1.82, 2.24) is 69.2 Å². The van der Waals surface area contributed by atoms with Crippen molar-refractivity contribution in [1.29, 1.82) is 0 Å². The number of nitrogens with zero attached hydrogens (tertiary/aromatic N) is 21. The first kappa shape index (κ1) is 115. The molecule has 4 unspecified atom stereocenters. The highest BCUT2D eigenvalue weighted by molar-refractivity contribution is 5.54. The number of hydrogen-bond acceptors (Lipinski definition) is 28. The van der Waals surface area contributed by atoms with Crippen molar-refractivity contribution < 1.29 is 38.7 Å². The van der Waals surface area contributed by atoms with E-state index >= 15 is 0 Å². The number of alkyl halides is 1. The van der Waals surface area contributed by atoms with Gasteiger partial charge in [-0.15, -0.1) is 0 Å². The van der Waals surface area contributed by atoms with Gasteiger partial charge in [-0.2, -0.15) is 0 Å². The monoisotopic (exact) mass is 2030 g/mol. The third-order valence-electron chi connectivity index (χ3n) is 32.7. The standard InChI is InChI=1S/6C17H27N3O.C16H26FN3O/c2*1-13(2)16-7-6-15(9-18-16)20-8-4-5-14(10-20)17(21)11-19(3)12-17;1-14(2)17-4-3-16(13-18-17)19-7-5-15(6-8-19)20-9-11-21-12-10-20;3*1-14(2)17-6-5-15(12-18-17)20-7-3-4-16(13-20)19-8-10-21-11-9-19;1-11(2)13-5-6-15(14(18-13)9-19(3)4)20-8-7-12(17)16(21)10-20/h2*6-7,9,13-14,21H,4-5,8,10-12H2,1-3H3;3-4,13-15H,5-12H2,1-2H3;3*5-6,12,14,16H,3-4,7-11,13H2,1-2H3;5-6,11-12,16,21H,7-10H2,1-4H3/t14-;;;2*16-;;/m1..10../s1. The Morgan fingerprint density at radius 2 is 0.578 bits per heavy atom. The number of pyridine rings is 7. The third kappa shape index (κ3) is 33.0. The van der Waals surface area contributed by atoms with Gasteiger partial charge in [-0.05, 0) is 238 Å². The number of likely N-dealkylation sites (N-methyl/N-ethyl adjacent to an activating group) is 2. The van der Waals surface area contributed by atoms with Gasteiger partial charge in [-0.3, -0.25) is 54.5 Å². The van der Waals surface area contributed by atoms with Crippen LogP contribution in [0, 0.1) is 11.8 Å². The summed E-state index contributed by atoms with van der Waals surface area (Å²) in [6.45, 7) is 64.5. The van der Waals surface area contributed by atoms with Gasteiger partial charge in [0.05, 0.1) is 147 Å². The Kier molecular flexibility index (Phi) is 43.7. The second-order valence-electron chi connectivity index (χ2n) is 46.6. The summed E-state index contributed by atoms with van der Waals surface area (Å²) < 4.78 is 35.3. The fourth-order valence-corrected chi connectivity index (χ4v) is 23.5. The Labute approximate surface area is 883 Å². The average molecular weight is 2030 g/mol. The summed E-state index contributed by atoms with van der Waals surface area (Å²) in [5.74, 6) is 4.09. The molecule has 0 radical (unpaired) electrons. The van der Waals surface area contributed by atoms with E-state index in [0.29, 0.717) is 90.9 Å². The van der Waals surface area contributed by atoms with Crippen molar-refractivity contribution in [2.24, 2.45) is 11.8 Å². The fourth-order valence-electron chi connectivity index (χ4n) is 23.5. The maximum atomic E-state index is 13.4. The summed E-state index contributed by atoms with van der Waals surface area (Å²) in [4.78, 5) is 66.1. The van der Waals surface area contributed by atoms with E-state index in [0.717, 1.165) is 277 Å². The van der Waals surface area contributed by atoms with E-state index in [1.165, 1.54) is 108 Å². The molecule has 0 aromatic carbocycles. The van der Waals surface area contributed by atoms with E-state index in [9.17, 15) is 19.7 Å². The number of morpholine rings is 4. The van der Waals surface area contributed by atoms with Crippen molar-refractivity contribution in [2.75, 3.05) is 286 Å². The maximum absolute atomic E-state index is 13.4. The first-order valence-electron chi connectivity index (χ1n) is 56.9. The lowest BCUT2D eigenvalue weighted by atomic mass is 9.76. The Bertz CT molecular complexity index is 4620. The largest absolute Gasteiger partial charge is 0.388 e. The molecule has 20 heterocycles. The zero-order valence-electron chi connectivity index (χ0n) is 93.4. The maximum Gasteiger partial charge on any atom is 0.129 e.